The summed E-state index contributed by atoms with van der Waals surface area (Å²) >= 11 is 0. The summed E-state index contributed by atoms with van der Waals surface area (Å²) in [6, 6.07) is 6.06. The van der Waals surface area contributed by atoms with E-state index in [1.807, 2.05) is 23.1 Å². The third kappa shape index (κ3) is 2.84. The zero-order valence-corrected chi connectivity index (χ0v) is 14.2. The number of nitrogens with zero attached hydrogens (tertiary/aromatic N) is 3. The number of fused-ring (bicyclic) bond motifs is 1. The molecule has 1 amide bonds. The van der Waals surface area contributed by atoms with Crippen molar-refractivity contribution in [3.63, 3.8) is 0 Å². The number of amides is 1. The Hall–Kier alpha value is -1.79. The molecule has 0 radical (unpaired) electrons. The third-order valence-corrected chi connectivity index (χ3v) is 5.32. The molecule has 1 aromatic rings. The summed E-state index contributed by atoms with van der Waals surface area (Å²) in [6.45, 7) is 10.5. The van der Waals surface area contributed by atoms with Crippen LogP contribution in [-0.4, -0.2) is 85.7 Å². The van der Waals surface area contributed by atoms with Crippen LogP contribution < -0.4 is 9.47 Å². The molecule has 130 valence electrons. The van der Waals surface area contributed by atoms with Gasteiger partial charge in [0.15, 0.2) is 11.5 Å². The monoisotopic (exact) mass is 331 g/mol. The lowest BCUT2D eigenvalue weighted by molar-refractivity contribution is 0.00805. The van der Waals surface area contributed by atoms with E-state index in [0.717, 1.165) is 45.8 Å². The van der Waals surface area contributed by atoms with Gasteiger partial charge >= 0.3 is 0 Å². The van der Waals surface area contributed by atoms with E-state index in [1.165, 1.54) is 0 Å². The fraction of sp³-hybridized carbons (Fsp3) is 0.611. The lowest BCUT2D eigenvalue weighted by Gasteiger charge is -2.48. The molecule has 0 aromatic heterocycles. The van der Waals surface area contributed by atoms with E-state index >= 15 is 0 Å². The van der Waals surface area contributed by atoms with Gasteiger partial charge in [0.05, 0.1) is 5.56 Å². The fourth-order valence-electron chi connectivity index (χ4n) is 3.71. The number of likely N-dealkylation sites (tertiary alicyclic amines) is 1. The smallest absolute Gasteiger partial charge is 0.257 e. The molecule has 2 fully saturated rings. The van der Waals surface area contributed by atoms with Crippen molar-refractivity contribution < 1.29 is 14.3 Å². The molecule has 0 atom stereocenters. The summed E-state index contributed by atoms with van der Waals surface area (Å²) < 4.78 is 11.2. The molecular formula is C18H25N3O3. The average Bonchev–Trinajstić information content (AvgIpc) is 2.60. The summed E-state index contributed by atoms with van der Waals surface area (Å²) in [5.41, 5.74) is 0.626. The van der Waals surface area contributed by atoms with Gasteiger partial charge < -0.3 is 19.3 Å². The molecule has 4 rings (SSSR count). The first-order chi connectivity index (χ1) is 11.8. The van der Waals surface area contributed by atoms with Crippen molar-refractivity contribution in [3.8, 4) is 11.5 Å². The average molecular weight is 331 g/mol. The summed E-state index contributed by atoms with van der Waals surface area (Å²) in [6.07, 6.45) is 0. The number of rotatable bonds is 3. The topological polar surface area (TPSA) is 45.2 Å². The first-order valence-electron chi connectivity index (χ1n) is 8.90. The Morgan fingerprint density at radius 1 is 1.12 bits per heavy atom. The number of hydrogen-bond donors (Lipinski definition) is 0. The number of ether oxygens (including phenoxy) is 2. The second-order valence-corrected chi connectivity index (χ2v) is 6.66. The van der Waals surface area contributed by atoms with Crippen molar-refractivity contribution in [1.82, 2.24) is 14.7 Å². The van der Waals surface area contributed by atoms with Crippen LogP contribution in [-0.2, 0) is 0 Å². The largest absolute Gasteiger partial charge is 0.486 e. The third-order valence-electron chi connectivity index (χ3n) is 5.32. The van der Waals surface area contributed by atoms with Crippen LogP contribution in [0.3, 0.4) is 0 Å². The van der Waals surface area contributed by atoms with Gasteiger partial charge in [0.1, 0.15) is 13.2 Å². The van der Waals surface area contributed by atoms with E-state index < -0.39 is 0 Å². The SMILES string of the molecule is CCN1CCN(C2CN(C(=O)c3cccc4c3OCCO4)C2)CC1. The first-order valence-corrected chi connectivity index (χ1v) is 8.90. The molecule has 1 aromatic carbocycles. The minimum Gasteiger partial charge on any atom is -0.486 e. The Labute approximate surface area is 142 Å². The predicted molar refractivity (Wildman–Crippen MR) is 90.8 cm³/mol. The Kier molecular flexibility index (Phi) is 4.33. The second-order valence-electron chi connectivity index (χ2n) is 6.66. The zero-order valence-electron chi connectivity index (χ0n) is 14.2. The molecule has 6 heteroatoms. The molecule has 0 unspecified atom stereocenters. The van der Waals surface area contributed by atoms with Gasteiger partial charge in [-0.05, 0) is 18.7 Å². The molecule has 24 heavy (non-hydrogen) atoms. The number of hydrogen-bond acceptors (Lipinski definition) is 5. The maximum atomic E-state index is 12.8. The lowest BCUT2D eigenvalue weighted by Crippen LogP contribution is -2.64. The number of benzene rings is 1. The van der Waals surface area contributed by atoms with Crippen LogP contribution in [0.15, 0.2) is 18.2 Å². The molecule has 3 aliphatic heterocycles. The fourth-order valence-corrected chi connectivity index (χ4v) is 3.71. The maximum Gasteiger partial charge on any atom is 0.257 e. The van der Waals surface area contributed by atoms with E-state index in [4.69, 9.17) is 9.47 Å². The molecule has 3 heterocycles. The minimum absolute atomic E-state index is 0.0563. The van der Waals surface area contributed by atoms with E-state index in [9.17, 15) is 4.79 Å². The summed E-state index contributed by atoms with van der Waals surface area (Å²) in [5.74, 6) is 1.34. The van der Waals surface area contributed by atoms with Crippen LogP contribution in [0.5, 0.6) is 11.5 Å². The molecule has 0 spiro atoms. The standard InChI is InChI=1S/C18H25N3O3/c1-2-19-6-8-20(9-7-19)14-12-21(13-14)18(22)15-4-3-5-16-17(15)24-11-10-23-16/h3-5,14H,2,6-13H2,1H3. The summed E-state index contributed by atoms with van der Waals surface area (Å²) in [5, 5.41) is 0. The van der Waals surface area contributed by atoms with Crippen molar-refractivity contribution in [3.05, 3.63) is 23.8 Å². The van der Waals surface area contributed by atoms with Crippen LogP contribution in [0, 0.1) is 0 Å². The number of likely N-dealkylation sites (N-methyl/N-ethyl adjacent to an activating group) is 1. The van der Waals surface area contributed by atoms with E-state index in [-0.39, 0.29) is 5.91 Å². The number of carbonyl (C=O) groups excluding carboxylic acids is 1. The van der Waals surface area contributed by atoms with E-state index in [0.29, 0.717) is 36.3 Å². The van der Waals surface area contributed by atoms with Gasteiger partial charge in [0.25, 0.3) is 5.91 Å². The minimum atomic E-state index is 0.0563. The van der Waals surface area contributed by atoms with Gasteiger partial charge in [-0.25, -0.2) is 0 Å². The highest BCUT2D eigenvalue weighted by Crippen LogP contribution is 2.35. The van der Waals surface area contributed by atoms with Gasteiger partial charge in [-0.15, -0.1) is 0 Å². The second kappa shape index (κ2) is 6.61. The first kappa shape index (κ1) is 15.7. The normalized spacial score (nSPS) is 22.3. The van der Waals surface area contributed by atoms with Crippen molar-refractivity contribution >= 4 is 5.91 Å². The maximum absolute atomic E-state index is 12.8. The molecule has 0 bridgehead atoms. The van der Waals surface area contributed by atoms with E-state index in [1.54, 1.807) is 0 Å². The zero-order chi connectivity index (χ0) is 16.5. The highest BCUT2D eigenvalue weighted by atomic mass is 16.6. The molecule has 0 aliphatic carbocycles. The Balaban J connectivity index is 1.37. The molecule has 0 N–H and O–H groups in total. The van der Waals surface area contributed by atoms with Crippen LogP contribution in [0.1, 0.15) is 17.3 Å². The van der Waals surface area contributed by atoms with Crippen molar-refractivity contribution in [1.29, 1.82) is 0 Å². The summed E-state index contributed by atoms with van der Waals surface area (Å²) in [7, 11) is 0. The quantitative estimate of drug-likeness (QED) is 0.824. The Morgan fingerprint density at radius 2 is 1.88 bits per heavy atom. The van der Waals surface area contributed by atoms with Crippen molar-refractivity contribution in [2.45, 2.75) is 13.0 Å². The molecule has 3 aliphatic rings. The molecule has 2 saturated heterocycles. The summed E-state index contributed by atoms with van der Waals surface area (Å²) in [4.78, 5) is 19.7. The number of carbonyl (C=O) groups is 1. The van der Waals surface area contributed by atoms with E-state index in [2.05, 4.69) is 16.7 Å². The highest BCUT2D eigenvalue weighted by molar-refractivity contribution is 5.98. The Bertz CT molecular complexity index is 608. The van der Waals surface area contributed by atoms with Gasteiger partial charge in [-0.1, -0.05) is 13.0 Å². The lowest BCUT2D eigenvalue weighted by atomic mass is 10.0. The van der Waals surface area contributed by atoms with Gasteiger partial charge in [0.2, 0.25) is 0 Å². The molecule has 6 nitrogen and oxygen atoms in total. The molecule has 0 saturated carbocycles. The number of para-hydroxylation sites is 1. The van der Waals surface area contributed by atoms with Crippen LogP contribution in [0.25, 0.3) is 0 Å². The van der Waals surface area contributed by atoms with Crippen molar-refractivity contribution in [2.24, 2.45) is 0 Å². The number of piperazine rings is 1. The van der Waals surface area contributed by atoms with Gasteiger partial charge in [-0.3, -0.25) is 9.69 Å². The Morgan fingerprint density at radius 3 is 2.62 bits per heavy atom. The van der Waals surface area contributed by atoms with Crippen LogP contribution in [0.2, 0.25) is 0 Å². The van der Waals surface area contributed by atoms with Crippen LogP contribution >= 0.6 is 0 Å². The van der Waals surface area contributed by atoms with Gasteiger partial charge in [0, 0.05) is 45.3 Å². The van der Waals surface area contributed by atoms with Crippen molar-refractivity contribution in [2.75, 3.05) is 59.0 Å². The van der Waals surface area contributed by atoms with Crippen LogP contribution in [0.4, 0.5) is 0 Å². The predicted octanol–water partition coefficient (Wildman–Crippen LogP) is 0.920. The molecular weight excluding hydrogens is 306 g/mol. The highest BCUT2D eigenvalue weighted by Gasteiger charge is 2.37. The van der Waals surface area contributed by atoms with Gasteiger partial charge in [-0.2, -0.15) is 0 Å².